The molecule has 0 saturated heterocycles. The van der Waals surface area contributed by atoms with Crippen molar-refractivity contribution in [1.29, 1.82) is 0 Å². The van der Waals surface area contributed by atoms with E-state index >= 15 is 0 Å². The van der Waals surface area contributed by atoms with Crippen molar-refractivity contribution in [3.8, 4) is 0 Å². The first kappa shape index (κ1) is 17.0. The first-order chi connectivity index (χ1) is 9.42. The molecule has 0 aromatic carbocycles. The molecule has 1 fully saturated rings. The van der Waals surface area contributed by atoms with Gasteiger partial charge in [0.05, 0.1) is 11.8 Å². The van der Waals surface area contributed by atoms with E-state index in [9.17, 15) is 14.7 Å². The summed E-state index contributed by atoms with van der Waals surface area (Å²) in [7, 11) is 0. The first-order valence-corrected chi connectivity index (χ1v) is 7.97. The second kappa shape index (κ2) is 7.09. The molecule has 2 N–H and O–H groups in total. The predicted molar refractivity (Wildman–Crippen MR) is 79.4 cm³/mol. The fourth-order valence-electron chi connectivity index (χ4n) is 3.41. The zero-order valence-electron chi connectivity index (χ0n) is 13.2. The van der Waals surface area contributed by atoms with Crippen LogP contribution in [0, 0.1) is 17.8 Å². The molecule has 1 saturated carbocycles. The standard InChI is InChI=1S/C16H29NO3/c1-5-11-9-12(13(10-11)15(19)20)14(18)17-16(6-2,7-3)8-4/h11-13H,5-10H2,1-4H3,(H,17,18)(H,19,20)/t11?,12-,13+/m0/s1. The Kier molecular flexibility index (Phi) is 6.03. The third-order valence-corrected chi connectivity index (χ3v) is 5.31. The topological polar surface area (TPSA) is 66.4 Å². The Bertz CT molecular complexity index is 341. The number of carbonyl (C=O) groups is 2. The van der Waals surface area contributed by atoms with Gasteiger partial charge in [-0.1, -0.05) is 34.1 Å². The molecular weight excluding hydrogens is 254 g/mol. The van der Waals surface area contributed by atoms with E-state index in [0.29, 0.717) is 18.8 Å². The molecule has 1 amide bonds. The van der Waals surface area contributed by atoms with Gasteiger partial charge in [0.1, 0.15) is 0 Å². The van der Waals surface area contributed by atoms with E-state index in [0.717, 1.165) is 25.7 Å². The van der Waals surface area contributed by atoms with Crippen LogP contribution in [0.1, 0.15) is 66.2 Å². The van der Waals surface area contributed by atoms with Crippen LogP contribution in [0.5, 0.6) is 0 Å². The van der Waals surface area contributed by atoms with Gasteiger partial charge >= 0.3 is 5.97 Å². The molecule has 116 valence electrons. The van der Waals surface area contributed by atoms with Crippen LogP contribution >= 0.6 is 0 Å². The number of hydrogen-bond donors (Lipinski definition) is 2. The average Bonchev–Trinajstić information content (AvgIpc) is 2.89. The van der Waals surface area contributed by atoms with Gasteiger partial charge in [-0.05, 0) is 38.0 Å². The second-order valence-electron chi connectivity index (χ2n) is 6.13. The molecule has 0 heterocycles. The number of hydrogen-bond acceptors (Lipinski definition) is 2. The van der Waals surface area contributed by atoms with E-state index in [1.807, 2.05) is 0 Å². The van der Waals surface area contributed by atoms with E-state index < -0.39 is 11.9 Å². The summed E-state index contributed by atoms with van der Waals surface area (Å²) < 4.78 is 0. The largest absolute Gasteiger partial charge is 0.481 e. The molecule has 1 aliphatic rings. The van der Waals surface area contributed by atoms with E-state index in [1.165, 1.54) is 0 Å². The predicted octanol–water partition coefficient (Wildman–Crippen LogP) is 3.21. The van der Waals surface area contributed by atoms with Gasteiger partial charge in [0, 0.05) is 5.54 Å². The maximum absolute atomic E-state index is 12.5. The summed E-state index contributed by atoms with van der Waals surface area (Å²) in [5, 5.41) is 12.5. The highest BCUT2D eigenvalue weighted by atomic mass is 16.4. The van der Waals surface area contributed by atoms with Crippen molar-refractivity contribution >= 4 is 11.9 Å². The number of aliphatic carboxylic acids is 1. The molecular formula is C16H29NO3. The monoisotopic (exact) mass is 283 g/mol. The Morgan fingerprint density at radius 2 is 1.55 bits per heavy atom. The lowest BCUT2D eigenvalue weighted by atomic mass is 9.87. The fraction of sp³-hybridized carbons (Fsp3) is 0.875. The third-order valence-electron chi connectivity index (χ3n) is 5.31. The van der Waals surface area contributed by atoms with Crippen molar-refractivity contribution in [3.05, 3.63) is 0 Å². The summed E-state index contributed by atoms with van der Waals surface area (Å²) in [6, 6.07) is 0. The maximum atomic E-state index is 12.5. The quantitative estimate of drug-likeness (QED) is 0.754. The third kappa shape index (κ3) is 3.53. The van der Waals surface area contributed by atoms with Gasteiger partial charge in [0.2, 0.25) is 5.91 Å². The van der Waals surface area contributed by atoms with Crippen LogP contribution in [0.3, 0.4) is 0 Å². The molecule has 4 heteroatoms. The number of nitrogens with one attached hydrogen (secondary N) is 1. The summed E-state index contributed by atoms with van der Waals surface area (Å²) >= 11 is 0. The lowest BCUT2D eigenvalue weighted by Crippen LogP contribution is -2.50. The first-order valence-electron chi connectivity index (χ1n) is 7.97. The van der Waals surface area contributed by atoms with Crippen LogP contribution in [0.4, 0.5) is 0 Å². The van der Waals surface area contributed by atoms with Crippen LogP contribution in [0.2, 0.25) is 0 Å². The zero-order chi connectivity index (χ0) is 15.3. The minimum Gasteiger partial charge on any atom is -0.481 e. The lowest BCUT2D eigenvalue weighted by Gasteiger charge is -2.33. The van der Waals surface area contributed by atoms with Crippen molar-refractivity contribution in [2.45, 2.75) is 71.8 Å². The molecule has 20 heavy (non-hydrogen) atoms. The summed E-state index contributed by atoms with van der Waals surface area (Å²) in [6.45, 7) is 8.29. The summed E-state index contributed by atoms with van der Waals surface area (Å²) in [4.78, 5) is 23.9. The Morgan fingerprint density at radius 3 is 1.95 bits per heavy atom. The maximum Gasteiger partial charge on any atom is 0.307 e. The number of carboxylic acid groups (broad SMARTS) is 1. The Labute approximate surface area is 122 Å². The van der Waals surface area contributed by atoms with Gasteiger partial charge in [-0.2, -0.15) is 0 Å². The van der Waals surface area contributed by atoms with Crippen molar-refractivity contribution in [2.75, 3.05) is 0 Å². The molecule has 0 spiro atoms. The van der Waals surface area contributed by atoms with Gasteiger partial charge in [0.25, 0.3) is 0 Å². The number of rotatable bonds is 7. The molecule has 0 radical (unpaired) electrons. The molecule has 0 bridgehead atoms. The molecule has 1 aliphatic carbocycles. The zero-order valence-corrected chi connectivity index (χ0v) is 13.2. The highest BCUT2D eigenvalue weighted by molar-refractivity contribution is 5.85. The molecule has 3 atom stereocenters. The molecule has 0 aromatic heterocycles. The van der Waals surface area contributed by atoms with Gasteiger partial charge in [0.15, 0.2) is 0 Å². The highest BCUT2D eigenvalue weighted by Crippen LogP contribution is 2.39. The SMILES string of the molecule is CCC1C[C@H](C(=O)NC(CC)(CC)CC)[C@H](C(=O)O)C1. The van der Waals surface area contributed by atoms with Gasteiger partial charge < -0.3 is 10.4 Å². The van der Waals surface area contributed by atoms with Crippen LogP contribution in [0.25, 0.3) is 0 Å². The number of carboxylic acids is 1. The molecule has 4 nitrogen and oxygen atoms in total. The molecule has 0 aromatic rings. The van der Waals surface area contributed by atoms with Crippen molar-refractivity contribution in [1.82, 2.24) is 5.32 Å². The molecule has 0 aliphatic heterocycles. The van der Waals surface area contributed by atoms with Crippen LogP contribution < -0.4 is 5.32 Å². The smallest absolute Gasteiger partial charge is 0.307 e. The average molecular weight is 283 g/mol. The number of carbonyl (C=O) groups excluding carboxylic acids is 1. The Hall–Kier alpha value is -1.06. The molecule has 1 rings (SSSR count). The van der Waals surface area contributed by atoms with Crippen molar-refractivity contribution in [3.63, 3.8) is 0 Å². The van der Waals surface area contributed by atoms with Gasteiger partial charge in [-0.3, -0.25) is 9.59 Å². The van der Waals surface area contributed by atoms with E-state index in [1.54, 1.807) is 0 Å². The summed E-state index contributed by atoms with van der Waals surface area (Å²) in [6.07, 6.45) is 4.95. The Balaban J connectivity index is 2.81. The summed E-state index contributed by atoms with van der Waals surface area (Å²) in [5.74, 6) is -1.38. The highest BCUT2D eigenvalue weighted by Gasteiger charge is 2.43. The van der Waals surface area contributed by atoms with Crippen molar-refractivity contribution < 1.29 is 14.7 Å². The normalized spacial score (nSPS) is 26.5. The summed E-state index contributed by atoms with van der Waals surface area (Å²) in [5.41, 5.74) is -0.176. The van der Waals surface area contributed by atoms with Crippen LogP contribution in [-0.4, -0.2) is 22.5 Å². The van der Waals surface area contributed by atoms with Crippen LogP contribution in [0.15, 0.2) is 0 Å². The van der Waals surface area contributed by atoms with E-state index in [4.69, 9.17) is 0 Å². The Morgan fingerprint density at radius 1 is 1.05 bits per heavy atom. The number of amides is 1. The fourth-order valence-corrected chi connectivity index (χ4v) is 3.41. The van der Waals surface area contributed by atoms with E-state index in [2.05, 4.69) is 33.0 Å². The van der Waals surface area contributed by atoms with Gasteiger partial charge in [-0.25, -0.2) is 0 Å². The lowest BCUT2D eigenvalue weighted by molar-refractivity contribution is -0.146. The van der Waals surface area contributed by atoms with Crippen LogP contribution in [-0.2, 0) is 9.59 Å². The molecule has 1 unspecified atom stereocenters. The minimum absolute atomic E-state index is 0.0566. The second-order valence-corrected chi connectivity index (χ2v) is 6.13. The van der Waals surface area contributed by atoms with E-state index in [-0.39, 0.29) is 17.4 Å². The van der Waals surface area contributed by atoms with Gasteiger partial charge in [-0.15, -0.1) is 0 Å². The minimum atomic E-state index is -0.823. The van der Waals surface area contributed by atoms with Crippen molar-refractivity contribution in [2.24, 2.45) is 17.8 Å².